The van der Waals surface area contributed by atoms with E-state index in [2.05, 4.69) is 47.0 Å². The van der Waals surface area contributed by atoms with Gasteiger partial charge in [0, 0.05) is 22.0 Å². The molecule has 0 spiro atoms. The van der Waals surface area contributed by atoms with Crippen molar-refractivity contribution < 1.29 is 14.6 Å². The second kappa shape index (κ2) is 8.11. The molecule has 0 amide bonds. The second-order valence-corrected chi connectivity index (χ2v) is 9.18. The number of carboxylic acid groups (broad SMARTS) is 1. The van der Waals surface area contributed by atoms with Crippen molar-refractivity contribution in [3.05, 3.63) is 77.9 Å². The molecule has 6 rings (SSSR count). The van der Waals surface area contributed by atoms with Gasteiger partial charge in [-0.1, -0.05) is 67.8 Å². The summed E-state index contributed by atoms with van der Waals surface area (Å²) in [5.41, 5.74) is 7.29. The van der Waals surface area contributed by atoms with Gasteiger partial charge in [0.1, 0.15) is 12.4 Å². The zero-order valence-corrected chi connectivity index (χ0v) is 18.6. The molecule has 2 aliphatic rings. The molecule has 0 unspecified atom stereocenters. The number of rotatable bonds is 3. The maximum absolute atomic E-state index is 11.8. The molecular weight excluding hydrogens is 410 g/mol. The first-order valence-corrected chi connectivity index (χ1v) is 11.9. The summed E-state index contributed by atoms with van der Waals surface area (Å²) in [6, 6.07) is 22.5. The molecule has 4 aromatic rings. The number of carbonyl (C=O) groups is 1. The molecule has 1 aliphatic carbocycles. The molecule has 1 saturated carbocycles. The summed E-state index contributed by atoms with van der Waals surface area (Å²) >= 11 is 0. The monoisotopic (exact) mass is 437 g/mol. The van der Waals surface area contributed by atoms with Gasteiger partial charge in [-0.2, -0.15) is 0 Å². The minimum absolute atomic E-state index is 0.335. The van der Waals surface area contributed by atoms with Crippen LogP contribution in [0.4, 0.5) is 0 Å². The maximum atomic E-state index is 11.8. The molecule has 1 aromatic heterocycles. The van der Waals surface area contributed by atoms with Gasteiger partial charge < -0.3 is 14.4 Å². The summed E-state index contributed by atoms with van der Waals surface area (Å²) in [4.78, 5) is 11.8. The molecule has 2 heterocycles. The number of hydrogen-bond acceptors (Lipinski definition) is 2. The van der Waals surface area contributed by atoms with Crippen molar-refractivity contribution in [3.8, 4) is 28.1 Å². The van der Waals surface area contributed by atoms with E-state index in [9.17, 15) is 9.90 Å². The maximum Gasteiger partial charge on any atom is 0.335 e. The first-order valence-electron chi connectivity index (χ1n) is 11.9. The summed E-state index contributed by atoms with van der Waals surface area (Å²) in [7, 11) is 0. The van der Waals surface area contributed by atoms with Crippen molar-refractivity contribution in [2.45, 2.75) is 44.6 Å². The predicted molar refractivity (Wildman–Crippen MR) is 131 cm³/mol. The van der Waals surface area contributed by atoms with E-state index in [1.54, 1.807) is 6.07 Å². The van der Waals surface area contributed by atoms with Crippen LogP contribution in [0.1, 0.15) is 53.9 Å². The third kappa shape index (κ3) is 3.32. The first-order chi connectivity index (χ1) is 16.2. The smallest absolute Gasteiger partial charge is 0.335 e. The Labute approximate surface area is 193 Å². The minimum atomic E-state index is -0.886. The Bertz CT molecular complexity index is 1350. The quantitative estimate of drug-likeness (QED) is 0.371. The van der Waals surface area contributed by atoms with Gasteiger partial charge in [0.15, 0.2) is 0 Å². The van der Waals surface area contributed by atoms with Crippen LogP contribution in [0.3, 0.4) is 0 Å². The van der Waals surface area contributed by atoms with Crippen molar-refractivity contribution in [2.24, 2.45) is 0 Å². The van der Waals surface area contributed by atoms with Gasteiger partial charge in [0.2, 0.25) is 0 Å². The Morgan fingerprint density at radius 1 is 0.909 bits per heavy atom. The van der Waals surface area contributed by atoms with Crippen LogP contribution < -0.4 is 4.74 Å². The molecule has 3 aromatic carbocycles. The van der Waals surface area contributed by atoms with E-state index in [1.165, 1.54) is 48.7 Å². The van der Waals surface area contributed by atoms with Crippen LogP contribution in [0.15, 0.2) is 66.7 Å². The van der Waals surface area contributed by atoms with Crippen LogP contribution in [0.5, 0.6) is 5.75 Å². The molecule has 1 aliphatic heterocycles. The summed E-state index contributed by atoms with van der Waals surface area (Å²) in [5.74, 6) is 0.531. The van der Waals surface area contributed by atoms with E-state index >= 15 is 0 Å². The van der Waals surface area contributed by atoms with Gasteiger partial charge in [-0.05, 0) is 48.1 Å². The zero-order chi connectivity index (χ0) is 22.4. The third-order valence-corrected chi connectivity index (χ3v) is 7.28. The number of benzene rings is 3. The van der Waals surface area contributed by atoms with Crippen LogP contribution in [0.2, 0.25) is 0 Å². The molecule has 0 saturated heterocycles. The Morgan fingerprint density at radius 3 is 2.48 bits per heavy atom. The van der Waals surface area contributed by atoms with Crippen molar-refractivity contribution in [3.63, 3.8) is 0 Å². The average Bonchev–Trinajstić information content (AvgIpc) is 3.05. The molecule has 166 valence electrons. The van der Waals surface area contributed by atoms with Crippen LogP contribution >= 0.6 is 0 Å². The number of fused-ring (bicyclic) bond motifs is 5. The molecule has 0 atom stereocenters. The van der Waals surface area contributed by atoms with Gasteiger partial charge in [0.05, 0.1) is 17.8 Å². The number of carboxylic acids is 1. The third-order valence-electron chi connectivity index (χ3n) is 7.28. The molecule has 33 heavy (non-hydrogen) atoms. The van der Waals surface area contributed by atoms with E-state index in [1.807, 2.05) is 18.2 Å². The first kappa shape index (κ1) is 20.1. The average molecular weight is 438 g/mol. The lowest BCUT2D eigenvalue weighted by atomic mass is 9.81. The van der Waals surface area contributed by atoms with E-state index in [-0.39, 0.29) is 0 Å². The van der Waals surface area contributed by atoms with Crippen molar-refractivity contribution in [2.75, 3.05) is 6.61 Å². The highest BCUT2D eigenvalue weighted by molar-refractivity contribution is 5.99. The topological polar surface area (TPSA) is 51.5 Å². The van der Waals surface area contributed by atoms with E-state index < -0.39 is 5.97 Å². The van der Waals surface area contributed by atoms with Crippen LogP contribution in [-0.4, -0.2) is 22.2 Å². The Kier molecular flexibility index (Phi) is 4.94. The lowest BCUT2D eigenvalue weighted by Crippen LogP contribution is -2.07. The van der Waals surface area contributed by atoms with E-state index in [4.69, 9.17) is 4.74 Å². The summed E-state index contributed by atoms with van der Waals surface area (Å²) in [6.45, 7) is 1.25. The Hall–Kier alpha value is -3.53. The number of para-hydroxylation sites is 1. The Morgan fingerprint density at radius 2 is 1.70 bits per heavy atom. The summed E-state index contributed by atoms with van der Waals surface area (Å²) in [5, 5.41) is 10.8. The van der Waals surface area contributed by atoms with Gasteiger partial charge in [-0.25, -0.2) is 4.79 Å². The molecule has 0 radical (unpaired) electrons. The predicted octanol–water partition coefficient (Wildman–Crippen LogP) is 7.11. The molecule has 1 fully saturated rings. The fourth-order valence-corrected chi connectivity index (χ4v) is 5.80. The van der Waals surface area contributed by atoms with Gasteiger partial charge in [-0.3, -0.25) is 0 Å². The number of aromatic nitrogens is 1. The van der Waals surface area contributed by atoms with Gasteiger partial charge in [0.25, 0.3) is 0 Å². The number of hydrogen-bond donors (Lipinski definition) is 1. The van der Waals surface area contributed by atoms with E-state index in [0.29, 0.717) is 24.6 Å². The van der Waals surface area contributed by atoms with Crippen LogP contribution in [0, 0.1) is 0 Å². The van der Waals surface area contributed by atoms with Crippen LogP contribution in [0.25, 0.3) is 33.3 Å². The minimum Gasteiger partial charge on any atom is -0.490 e. The molecule has 1 N–H and O–H groups in total. The molecule has 4 heteroatoms. The van der Waals surface area contributed by atoms with Gasteiger partial charge >= 0.3 is 5.97 Å². The van der Waals surface area contributed by atoms with Crippen molar-refractivity contribution >= 4 is 16.9 Å². The van der Waals surface area contributed by atoms with Crippen molar-refractivity contribution in [1.29, 1.82) is 0 Å². The highest BCUT2D eigenvalue weighted by Crippen LogP contribution is 2.49. The number of aromatic carboxylic acids is 1. The molecule has 4 nitrogen and oxygen atoms in total. The summed E-state index contributed by atoms with van der Waals surface area (Å²) < 4.78 is 8.72. The number of ether oxygens (including phenoxy) is 1. The zero-order valence-electron chi connectivity index (χ0n) is 18.6. The van der Waals surface area contributed by atoms with Crippen LogP contribution in [-0.2, 0) is 6.54 Å². The van der Waals surface area contributed by atoms with E-state index in [0.717, 1.165) is 28.0 Å². The van der Waals surface area contributed by atoms with Crippen molar-refractivity contribution in [1.82, 2.24) is 4.57 Å². The standard InChI is InChI=1S/C29H27NO3/c31-29(32)21-14-15-23-25(18-21)30-16-17-33-28-22(19-8-3-1-4-9-19)12-7-13-24(28)27(30)26(23)20-10-5-2-6-11-20/h1,3-4,7-9,12-15,18,20H,2,5-6,10-11,16-17H2,(H,31,32). The molecular formula is C29H27NO3. The SMILES string of the molecule is O=C(O)c1ccc2c(C3CCCCC3)c3n(c2c1)CCOc1c(-c2ccccc2)cccc1-3. The fraction of sp³-hybridized carbons (Fsp3) is 0.276. The highest BCUT2D eigenvalue weighted by atomic mass is 16.5. The second-order valence-electron chi connectivity index (χ2n) is 9.18. The molecule has 0 bridgehead atoms. The fourth-order valence-electron chi connectivity index (χ4n) is 5.80. The highest BCUT2D eigenvalue weighted by Gasteiger charge is 2.30. The largest absolute Gasteiger partial charge is 0.490 e. The Balaban J connectivity index is 1.66. The lowest BCUT2D eigenvalue weighted by Gasteiger charge is -2.24. The lowest BCUT2D eigenvalue weighted by molar-refractivity contribution is 0.0697. The van der Waals surface area contributed by atoms with Gasteiger partial charge in [-0.15, -0.1) is 0 Å². The normalized spacial score (nSPS) is 16.0. The number of nitrogens with zero attached hydrogens (tertiary/aromatic N) is 1. The summed E-state index contributed by atoms with van der Waals surface area (Å²) in [6.07, 6.45) is 6.16.